The molecule has 40 heavy (non-hydrogen) atoms. The number of aliphatic hydroxyl groups is 1. The van der Waals surface area contributed by atoms with Gasteiger partial charge in [0.05, 0.1) is 19.3 Å². The third kappa shape index (κ3) is 10.7. The molecule has 1 aliphatic rings. The summed E-state index contributed by atoms with van der Waals surface area (Å²) in [5, 5.41) is 19.9. The van der Waals surface area contributed by atoms with Gasteiger partial charge in [0.25, 0.3) is 0 Å². The minimum atomic E-state index is -0.955. The number of methoxy groups -OCH3 is 1. The predicted octanol–water partition coefficient (Wildman–Crippen LogP) is 7.40. The molecule has 4 N–H and O–H groups in total. The van der Waals surface area contributed by atoms with Gasteiger partial charge in [0.15, 0.2) is 11.5 Å². The predicted molar refractivity (Wildman–Crippen MR) is 165 cm³/mol. The number of benzene rings is 1. The van der Waals surface area contributed by atoms with Crippen LogP contribution in [0.2, 0.25) is 0 Å². The second kappa shape index (κ2) is 15.6. The standard InChI is InChI=1S/C34H59NO5/c1-25(2)11-9-12-26(3)16-19-39-33(6)24-32(33,5)18-10-13-27(4)17-20-40-34(7,35)29(23-36)21-28-14-15-30(37)31(22-28)38-8/h11,14-15,22,26-27,29,36-37H,9-10,12-13,16-21,23-24,35H2,1-8H3. The fourth-order valence-electron chi connectivity index (χ4n) is 5.73. The van der Waals surface area contributed by atoms with Crippen molar-refractivity contribution < 1.29 is 24.4 Å². The van der Waals surface area contributed by atoms with Crippen molar-refractivity contribution in [3.63, 3.8) is 0 Å². The van der Waals surface area contributed by atoms with Crippen molar-refractivity contribution in [3.05, 3.63) is 35.4 Å². The van der Waals surface area contributed by atoms with E-state index in [4.69, 9.17) is 19.9 Å². The van der Waals surface area contributed by atoms with Gasteiger partial charge in [0.1, 0.15) is 5.72 Å². The SMILES string of the molecule is COc1cc(CC(CO)C(C)(N)OCCC(C)CCCC2(C)CC2(C)OCCC(C)CCC=C(C)C)ccc1O. The molecule has 0 aromatic heterocycles. The molecule has 6 unspecified atom stereocenters. The van der Waals surface area contributed by atoms with Gasteiger partial charge in [-0.25, -0.2) is 0 Å². The van der Waals surface area contributed by atoms with Crippen molar-refractivity contribution in [3.8, 4) is 11.5 Å². The molecule has 1 fully saturated rings. The van der Waals surface area contributed by atoms with E-state index in [1.54, 1.807) is 12.1 Å². The van der Waals surface area contributed by atoms with E-state index in [9.17, 15) is 10.2 Å². The van der Waals surface area contributed by atoms with Crippen molar-refractivity contribution in [2.75, 3.05) is 26.9 Å². The van der Waals surface area contributed by atoms with Crippen molar-refractivity contribution in [1.82, 2.24) is 0 Å². The number of rotatable bonds is 20. The number of ether oxygens (including phenoxy) is 3. The summed E-state index contributed by atoms with van der Waals surface area (Å²) in [6.07, 6.45) is 12.1. The Morgan fingerprint density at radius 1 is 1.10 bits per heavy atom. The Morgan fingerprint density at radius 2 is 1.77 bits per heavy atom. The molecule has 6 atom stereocenters. The summed E-state index contributed by atoms with van der Waals surface area (Å²) in [5.74, 6) is 1.48. The zero-order valence-corrected chi connectivity index (χ0v) is 26.7. The molecule has 0 radical (unpaired) electrons. The molecule has 0 aliphatic heterocycles. The molecule has 1 aromatic carbocycles. The number of phenols is 1. The Bertz CT molecular complexity index is 927. The van der Waals surface area contributed by atoms with Crippen LogP contribution in [0.4, 0.5) is 0 Å². The minimum Gasteiger partial charge on any atom is -0.504 e. The molecule has 1 saturated carbocycles. The number of allylic oxidation sites excluding steroid dienone is 2. The molecular formula is C34H59NO5. The molecule has 0 heterocycles. The zero-order chi connectivity index (χ0) is 30.0. The molecule has 0 amide bonds. The minimum absolute atomic E-state index is 0.0289. The van der Waals surface area contributed by atoms with Gasteiger partial charge in [-0.05, 0) is 108 Å². The van der Waals surface area contributed by atoms with E-state index in [0.29, 0.717) is 30.6 Å². The van der Waals surface area contributed by atoms with E-state index in [-0.39, 0.29) is 29.3 Å². The summed E-state index contributed by atoms with van der Waals surface area (Å²) >= 11 is 0. The largest absolute Gasteiger partial charge is 0.504 e. The highest BCUT2D eigenvalue weighted by Gasteiger charge is 2.61. The van der Waals surface area contributed by atoms with Crippen molar-refractivity contribution in [2.45, 2.75) is 118 Å². The normalized spacial score (nSPS) is 24.1. The smallest absolute Gasteiger partial charge is 0.160 e. The summed E-state index contributed by atoms with van der Waals surface area (Å²) in [6, 6.07) is 5.20. The molecule has 0 spiro atoms. The number of phenolic OH excluding ortho intramolecular Hbond substituents is 1. The van der Waals surface area contributed by atoms with Crippen molar-refractivity contribution >= 4 is 0 Å². The molecule has 6 nitrogen and oxygen atoms in total. The van der Waals surface area contributed by atoms with Gasteiger partial charge >= 0.3 is 0 Å². The van der Waals surface area contributed by atoms with E-state index in [2.05, 4.69) is 47.6 Å². The van der Waals surface area contributed by atoms with Crippen LogP contribution in [0.15, 0.2) is 29.8 Å². The molecule has 0 bridgehead atoms. The molecule has 1 aromatic rings. The van der Waals surface area contributed by atoms with Crippen LogP contribution in [0, 0.1) is 23.2 Å². The van der Waals surface area contributed by atoms with Gasteiger partial charge < -0.3 is 30.2 Å². The Balaban J connectivity index is 1.67. The third-order valence-corrected chi connectivity index (χ3v) is 9.33. The number of nitrogens with two attached hydrogens (primary N) is 1. The Hall–Kier alpha value is -1.60. The average molecular weight is 562 g/mol. The summed E-state index contributed by atoms with van der Waals surface area (Å²) in [5.41, 5.74) is 8.21. The lowest BCUT2D eigenvalue weighted by Gasteiger charge is -2.33. The number of hydrogen-bond acceptors (Lipinski definition) is 6. The average Bonchev–Trinajstić information content (AvgIpc) is 3.42. The molecule has 1 aliphatic carbocycles. The van der Waals surface area contributed by atoms with Crippen LogP contribution in [0.5, 0.6) is 11.5 Å². The fourth-order valence-corrected chi connectivity index (χ4v) is 5.73. The van der Waals surface area contributed by atoms with Gasteiger partial charge in [-0.2, -0.15) is 0 Å². The van der Waals surface area contributed by atoms with Crippen LogP contribution >= 0.6 is 0 Å². The van der Waals surface area contributed by atoms with Crippen LogP contribution in [0.1, 0.15) is 105 Å². The second-order valence-corrected chi connectivity index (χ2v) is 13.5. The first-order valence-electron chi connectivity index (χ1n) is 15.4. The van der Waals surface area contributed by atoms with Gasteiger partial charge in [0, 0.05) is 19.1 Å². The van der Waals surface area contributed by atoms with Crippen LogP contribution in [-0.2, 0) is 15.9 Å². The molecule has 2 rings (SSSR count). The van der Waals surface area contributed by atoms with Crippen LogP contribution in [0.25, 0.3) is 0 Å². The van der Waals surface area contributed by atoms with Gasteiger partial charge in [-0.1, -0.05) is 51.3 Å². The maximum absolute atomic E-state index is 10.0. The highest BCUT2D eigenvalue weighted by Crippen LogP contribution is 2.61. The molecule has 0 saturated heterocycles. The lowest BCUT2D eigenvalue weighted by Crippen LogP contribution is -2.49. The number of aromatic hydroxyl groups is 1. The number of aliphatic hydroxyl groups excluding tert-OH is 1. The highest BCUT2D eigenvalue weighted by atomic mass is 16.5. The first kappa shape index (κ1) is 34.6. The topological polar surface area (TPSA) is 94.2 Å². The highest BCUT2D eigenvalue weighted by molar-refractivity contribution is 5.41. The van der Waals surface area contributed by atoms with E-state index >= 15 is 0 Å². The quantitative estimate of drug-likeness (QED) is 0.113. The maximum Gasteiger partial charge on any atom is 0.160 e. The second-order valence-electron chi connectivity index (χ2n) is 13.5. The van der Waals surface area contributed by atoms with Gasteiger partial charge in [0.2, 0.25) is 0 Å². The van der Waals surface area contributed by atoms with E-state index in [0.717, 1.165) is 37.9 Å². The summed E-state index contributed by atoms with van der Waals surface area (Å²) < 4.78 is 17.7. The summed E-state index contributed by atoms with van der Waals surface area (Å²) in [4.78, 5) is 0. The summed E-state index contributed by atoms with van der Waals surface area (Å²) in [6.45, 7) is 16.8. The first-order chi connectivity index (χ1) is 18.7. The zero-order valence-electron chi connectivity index (χ0n) is 26.7. The molecule has 6 heteroatoms. The lowest BCUT2D eigenvalue weighted by atomic mass is 9.90. The van der Waals surface area contributed by atoms with Crippen LogP contribution < -0.4 is 10.5 Å². The van der Waals surface area contributed by atoms with E-state index in [1.165, 1.54) is 38.4 Å². The van der Waals surface area contributed by atoms with Crippen LogP contribution in [0.3, 0.4) is 0 Å². The van der Waals surface area contributed by atoms with Crippen molar-refractivity contribution in [2.24, 2.45) is 28.9 Å². The van der Waals surface area contributed by atoms with Gasteiger partial charge in [-0.3, -0.25) is 0 Å². The van der Waals surface area contributed by atoms with Crippen molar-refractivity contribution in [1.29, 1.82) is 0 Å². The Kier molecular flexibility index (Phi) is 13.5. The monoisotopic (exact) mass is 561 g/mol. The van der Waals surface area contributed by atoms with Gasteiger partial charge in [-0.15, -0.1) is 0 Å². The molecular weight excluding hydrogens is 502 g/mol. The lowest BCUT2D eigenvalue weighted by molar-refractivity contribution is -0.0863. The Morgan fingerprint density at radius 3 is 2.42 bits per heavy atom. The third-order valence-electron chi connectivity index (χ3n) is 9.33. The maximum atomic E-state index is 10.0. The Labute approximate surface area is 244 Å². The van der Waals surface area contributed by atoms with Crippen LogP contribution in [-0.4, -0.2) is 48.5 Å². The summed E-state index contributed by atoms with van der Waals surface area (Å²) in [7, 11) is 1.52. The fraction of sp³-hybridized carbons (Fsp3) is 0.765. The van der Waals surface area contributed by atoms with E-state index in [1.807, 2.05) is 13.0 Å². The molecule has 230 valence electrons. The first-order valence-corrected chi connectivity index (χ1v) is 15.4. The number of hydrogen-bond donors (Lipinski definition) is 3. The van der Waals surface area contributed by atoms with E-state index < -0.39 is 5.72 Å².